The highest BCUT2D eigenvalue weighted by Crippen LogP contribution is 2.31. The lowest BCUT2D eigenvalue weighted by Crippen LogP contribution is -2.46. The van der Waals surface area contributed by atoms with Crippen LogP contribution in [0.4, 0.5) is 0 Å². The van der Waals surface area contributed by atoms with E-state index in [0.29, 0.717) is 5.56 Å². The first-order chi connectivity index (χ1) is 13.5. The van der Waals surface area contributed by atoms with E-state index >= 15 is 0 Å². The van der Waals surface area contributed by atoms with Crippen LogP contribution in [0.1, 0.15) is 15.9 Å². The van der Waals surface area contributed by atoms with Crippen LogP contribution in [0.5, 0.6) is 0 Å². The molecule has 2 aromatic rings. The van der Waals surface area contributed by atoms with Crippen LogP contribution in [0.15, 0.2) is 53.4 Å². The van der Waals surface area contributed by atoms with E-state index in [-0.39, 0.29) is 17.1 Å². The largest absolute Gasteiger partial charge is 0.478 e. The molecular weight excluding hydrogens is 442 g/mol. The molecule has 0 radical (unpaired) electrons. The van der Waals surface area contributed by atoms with E-state index in [4.69, 9.17) is 11.6 Å². The molecule has 29 heavy (non-hydrogen) atoms. The number of aromatic carboxylic acids is 1. The van der Waals surface area contributed by atoms with Gasteiger partial charge in [0.2, 0.25) is 10.0 Å². The average molecular weight is 460 g/mol. The van der Waals surface area contributed by atoms with Crippen LogP contribution < -0.4 is 0 Å². The Morgan fingerprint density at radius 1 is 1.14 bits per heavy atom. The number of benzene rings is 2. The third kappa shape index (κ3) is 4.62. The zero-order chi connectivity index (χ0) is 21.4. The molecule has 3 rings (SSSR count). The summed E-state index contributed by atoms with van der Waals surface area (Å²) >= 11 is 6.05. The summed E-state index contributed by atoms with van der Waals surface area (Å²) in [5.41, 5.74) is 0.283. The normalized spacial score (nSPS) is 21.3. The summed E-state index contributed by atoms with van der Waals surface area (Å²) in [6.45, 7) is -0.214. The summed E-state index contributed by atoms with van der Waals surface area (Å²) in [5.74, 6) is -2.44. The van der Waals surface area contributed by atoms with Crippen molar-refractivity contribution in [3.05, 3.63) is 64.7 Å². The summed E-state index contributed by atoms with van der Waals surface area (Å²) in [6.07, 6.45) is -1.42. The molecule has 2 atom stereocenters. The second-order valence-electron chi connectivity index (χ2n) is 6.70. The average Bonchev–Trinajstić information content (AvgIpc) is 2.92. The Morgan fingerprint density at radius 2 is 1.79 bits per heavy atom. The van der Waals surface area contributed by atoms with E-state index < -0.39 is 54.4 Å². The van der Waals surface area contributed by atoms with Crippen molar-refractivity contribution in [2.75, 3.05) is 11.5 Å². The van der Waals surface area contributed by atoms with Crippen LogP contribution >= 0.6 is 11.6 Å². The molecule has 1 aliphatic rings. The molecular formula is C18H18ClNO7S2. The van der Waals surface area contributed by atoms with Gasteiger partial charge < -0.3 is 10.2 Å². The molecule has 0 aromatic heterocycles. The lowest BCUT2D eigenvalue weighted by Gasteiger charge is -2.30. The number of aliphatic hydroxyl groups excluding tert-OH is 1. The number of rotatable bonds is 6. The van der Waals surface area contributed by atoms with Crippen LogP contribution in [0.2, 0.25) is 5.02 Å². The Morgan fingerprint density at radius 3 is 2.34 bits per heavy atom. The number of carboxylic acid groups (broad SMARTS) is 1. The first-order valence-corrected chi connectivity index (χ1v) is 12.1. The van der Waals surface area contributed by atoms with Gasteiger partial charge in [0.25, 0.3) is 0 Å². The molecule has 2 N–H and O–H groups in total. The Balaban J connectivity index is 2.12. The van der Waals surface area contributed by atoms with Crippen molar-refractivity contribution >= 4 is 37.4 Å². The fourth-order valence-corrected chi connectivity index (χ4v) is 7.23. The quantitative estimate of drug-likeness (QED) is 0.667. The fourth-order valence-electron chi connectivity index (χ4n) is 3.19. The zero-order valence-corrected chi connectivity index (χ0v) is 17.4. The van der Waals surface area contributed by atoms with Crippen LogP contribution in [-0.2, 0) is 26.4 Å². The molecule has 0 amide bonds. The summed E-state index contributed by atoms with van der Waals surface area (Å²) in [7, 11) is -8.08. The predicted molar refractivity (Wildman–Crippen MR) is 106 cm³/mol. The van der Waals surface area contributed by atoms with Gasteiger partial charge in [0, 0.05) is 6.54 Å². The van der Waals surface area contributed by atoms with Gasteiger partial charge in [0.1, 0.15) is 4.90 Å². The predicted octanol–water partition coefficient (Wildman–Crippen LogP) is 1.39. The lowest BCUT2D eigenvalue weighted by atomic mass is 10.2. The maximum atomic E-state index is 13.4. The van der Waals surface area contributed by atoms with E-state index in [1.54, 1.807) is 30.3 Å². The van der Waals surface area contributed by atoms with Crippen molar-refractivity contribution in [2.45, 2.75) is 23.6 Å². The molecule has 1 saturated heterocycles. The van der Waals surface area contributed by atoms with Crippen molar-refractivity contribution < 1.29 is 31.8 Å². The summed E-state index contributed by atoms with van der Waals surface area (Å²) < 4.78 is 51.7. The lowest BCUT2D eigenvalue weighted by molar-refractivity contribution is 0.0696. The minimum atomic E-state index is -4.44. The minimum Gasteiger partial charge on any atom is -0.478 e. The Kier molecular flexibility index (Phi) is 6.02. The zero-order valence-electron chi connectivity index (χ0n) is 15.0. The molecule has 1 fully saturated rings. The van der Waals surface area contributed by atoms with Crippen molar-refractivity contribution in [3.63, 3.8) is 0 Å². The third-order valence-electron chi connectivity index (χ3n) is 4.61. The molecule has 0 bridgehead atoms. The van der Waals surface area contributed by atoms with Crippen molar-refractivity contribution in [1.82, 2.24) is 4.31 Å². The van der Waals surface area contributed by atoms with Crippen LogP contribution in [-0.4, -0.2) is 61.0 Å². The Labute approximate surface area is 173 Å². The monoisotopic (exact) mass is 459 g/mol. The van der Waals surface area contributed by atoms with E-state index in [2.05, 4.69) is 0 Å². The molecule has 0 aliphatic carbocycles. The molecule has 0 unspecified atom stereocenters. The number of sulfonamides is 1. The number of carboxylic acids is 1. The smallest absolute Gasteiger partial charge is 0.335 e. The summed E-state index contributed by atoms with van der Waals surface area (Å²) in [4.78, 5) is 10.8. The van der Waals surface area contributed by atoms with Gasteiger partial charge in [-0.25, -0.2) is 21.6 Å². The SMILES string of the molecule is O=C(O)c1ccc(Cl)c(S(=O)(=O)N(Cc2ccccc2)[C@H]2CS(=O)(=O)C[C@H]2O)c1. The summed E-state index contributed by atoms with van der Waals surface area (Å²) in [5, 5.41) is 19.3. The van der Waals surface area contributed by atoms with Crippen LogP contribution in [0, 0.1) is 0 Å². The fraction of sp³-hybridized carbons (Fsp3) is 0.278. The number of hydrogen-bond donors (Lipinski definition) is 2. The number of hydrogen-bond acceptors (Lipinski definition) is 6. The van der Waals surface area contributed by atoms with E-state index in [1.165, 1.54) is 6.07 Å². The van der Waals surface area contributed by atoms with E-state index in [1.807, 2.05) is 0 Å². The van der Waals surface area contributed by atoms with Gasteiger partial charge in [0.15, 0.2) is 9.84 Å². The first-order valence-electron chi connectivity index (χ1n) is 8.48. The highest BCUT2D eigenvalue weighted by atomic mass is 35.5. The molecule has 11 heteroatoms. The van der Waals surface area contributed by atoms with Gasteiger partial charge in [-0.2, -0.15) is 4.31 Å². The topological polar surface area (TPSA) is 129 Å². The van der Waals surface area contributed by atoms with Gasteiger partial charge in [0.05, 0.1) is 34.2 Å². The van der Waals surface area contributed by atoms with E-state index in [0.717, 1.165) is 16.4 Å². The van der Waals surface area contributed by atoms with Crippen molar-refractivity contribution in [1.29, 1.82) is 0 Å². The van der Waals surface area contributed by atoms with E-state index in [9.17, 15) is 31.8 Å². The molecule has 156 valence electrons. The first kappa shape index (κ1) is 21.7. The number of halogens is 1. The molecule has 2 aromatic carbocycles. The second-order valence-corrected chi connectivity index (χ2v) is 11.1. The second kappa shape index (κ2) is 8.04. The van der Waals surface area contributed by atoms with Crippen molar-refractivity contribution in [2.24, 2.45) is 0 Å². The standard InChI is InChI=1S/C18H18ClNO7S2/c19-14-7-6-13(18(22)23)8-17(14)29(26,27)20(9-12-4-2-1-3-5-12)15-10-28(24,25)11-16(15)21/h1-8,15-16,21H,9-11H2,(H,22,23)/t15-,16+/m0/s1. The molecule has 1 heterocycles. The molecule has 0 saturated carbocycles. The highest BCUT2D eigenvalue weighted by molar-refractivity contribution is 7.92. The number of nitrogens with zero attached hydrogens (tertiary/aromatic N) is 1. The Hall–Kier alpha value is -1.98. The molecule has 1 aliphatic heterocycles. The van der Waals surface area contributed by atoms with Crippen molar-refractivity contribution in [3.8, 4) is 0 Å². The molecule has 8 nitrogen and oxygen atoms in total. The number of sulfone groups is 1. The van der Waals surface area contributed by atoms with Crippen LogP contribution in [0.3, 0.4) is 0 Å². The maximum Gasteiger partial charge on any atom is 0.335 e. The molecule has 0 spiro atoms. The van der Waals surface area contributed by atoms with Gasteiger partial charge in [-0.1, -0.05) is 41.9 Å². The third-order valence-corrected chi connectivity index (χ3v) is 8.66. The van der Waals surface area contributed by atoms with Gasteiger partial charge >= 0.3 is 5.97 Å². The Bertz CT molecular complexity index is 1130. The number of carbonyl (C=O) groups is 1. The van der Waals surface area contributed by atoms with Gasteiger partial charge in [-0.3, -0.25) is 0 Å². The van der Waals surface area contributed by atoms with Crippen LogP contribution in [0.25, 0.3) is 0 Å². The highest BCUT2D eigenvalue weighted by Gasteiger charge is 2.45. The summed E-state index contributed by atoms with van der Waals surface area (Å²) in [6, 6.07) is 10.5. The minimum absolute atomic E-state index is 0.205. The number of aliphatic hydroxyl groups is 1. The van der Waals surface area contributed by atoms with Gasteiger partial charge in [-0.05, 0) is 23.8 Å². The maximum absolute atomic E-state index is 13.4. The van der Waals surface area contributed by atoms with Gasteiger partial charge in [-0.15, -0.1) is 0 Å².